The average molecular weight is 394 g/mol. The lowest BCUT2D eigenvalue weighted by Crippen LogP contribution is -2.04. The summed E-state index contributed by atoms with van der Waals surface area (Å²) in [5.41, 5.74) is 11.5. The Morgan fingerprint density at radius 2 is 0.613 bits per heavy atom. The van der Waals surface area contributed by atoms with Gasteiger partial charge >= 0.3 is 0 Å². The average Bonchev–Trinajstić information content (AvgIpc) is 3.28. The van der Waals surface area contributed by atoms with Crippen LogP contribution in [0.3, 0.4) is 0 Å². The Kier molecular flexibility index (Phi) is 4.21. The van der Waals surface area contributed by atoms with Gasteiger partial charge in [0, 0.05) is 33.4 Å². The minimum atomic E-state index is 1.26. The predicted octanol–water partition coefficient (Wildman–Crippen LogP) is 8.02. The zero-order valence-electron chi connectivity index (χ0n) is 17.1. The summed E-state index contributed by atoms with van der Waals surface area (Å²) in [4.78, 5) is 0. The molecule has 0 bridgehead atoms. The predicted molar refractivity (Wildman–Crippen MR) is 130 cm³/mol. The van der Waals surface area contributed by atoms with Crippen LogP contribution >= 0.6 is 0 Å². The van der Waals surface area contributed by atoms with Crippen molar-refractivity contribution in [2.75, 3.05) is 0 Å². The van der Waals surface area contributed by atoms with Crippen molar-refractivity contribution < 1.29 is 0 Å². The molecule has 0 saturated carbocycles. The SMILES string of the molecule is c1ccc2ccc([C+](c3ccc4cccccc3-4)c3ccc4cccccc3-4)c-2cc1. The van der Waals surface area contributed by atoms with E-state index in [1.54, 1.807) is 0 Å². The lowest BCUT2D eigenvalue weighted by molar-refractivity contribution is 1.28. The van der Waals surface area contributed by atoms with E-state index < -0.39 is 0 Å². The summed E-state index contributed by atoms with van der Waals surface area (Å²) < 4.78 is 0. The number of fused-ring (bicyclic) bond motifs is 3. The van der Waals surface area contributed by atoms with Crippen LogP contribution in [0.1, 0.15) is 16.7 Å². The lowest BCUT2D eigenvalue weighted by Gasteiger charge is -2.14. The Balaban J connectivity index is 1.64. The maximum absolute atomic E-state index is 2.28. The van der Waals surface area contributed by atoms with E-state index in [2.05, 4.69) is 127 Å². The van der Waals surface area contributed by atoms with Crippen molar-refractivity contribution in [1.82, 2.24) is 0 Å². The molecule has 0 aromatic carbocycles. The topological polar surface area (TPSA) is 0 Å². The van der Waals surface area contributed by atoms with Gasteiger partial charge < -0.3 is 0 Å². The van der Waals surface area contributed by atoms with Crippen LogP contribution in [0.25, 0.3) is 33.4 Å². The van der Waals surface area contributed by atoms with E-state index in [4.69, 9.17) is 0 Å². The highest BCUT2D eigenvalue weighted by Gasteiger charge is 2.33. The van der Waals surface area contributed by atoms with E-state index in [0.29, 0.717) is 0 Å². The first-order valence-corrected chi connectivity index (χ1v) is 10.7. The summed E-state index contributed by atoms with van der Waals surface area (Å²) in [6.07, 6.45) is 0. The number of hydrogen-bond acceptors (Lipinski definition) is 0. The summed E-state index contributed by atoms with van der Waals surface area (Å²) in [6, 6.07) is 45.9. The lowest BCUT2D eigenvalue weighted by atomic mass is 9.82. The Hall–Kier alpha value is -4.03. The van der Waals surface area contributed by atoms with Crippen LogP contribution < -0.4 is 0 Å². The molecule has 0 radical (unpaired) electrons. The van der Waals surface area contributed by atoms with Crippen molar-refractivity contribution in [3.8, 4) is 33.4 Å². The zero-order chi connectivity index (χ0) is 20.6. The molecule has 0 amide bonds. The fourth-order valence-electron chi connectivity index (χ4n) is 4.73. The fourth-order valence-corrected chi connectivity index (χ4v) is 4.73. The number of hydrogen-bond donors (Lipinski definition) is 0. The highest BCUT2D eigenvalue weighted by atomic mass is 14.3. The van der Waals surface area contributed by atoms with Crippen LogP contribution in [0.2, 0.25) is 0 Å². The highest BCUT2D eigenvalue weighted by Crippen LogP contribution is 2.46. The molecular formula is C31H21+. The Morgan fingerprint density at radius 1 is 0.290 bits per heavy atom. The van der Waals surface area contributed by atoms with Crippen molar-refractivity contribution in [3.63, 3.8) is 0 Å². The second-order valence-electron chi connectivity index (χ2n) is 7.96. The third kappa shape index (κ3) is 2.96. The molecule has 0 nitrogen and oxygen atoms in total. The molecule has 0 atom stereocenters. The second kappa shape index (κ2) is 7.34. The molecule has 0 saturated heterocycles. The summed E-state index contributed by atoms with van der Waals surface area (Å²) in [7, 11) is 0. The third-order valence-electron chi connectivity index (χ3n) is 6.18. The Bertz CT molecular complexity index is 1220. The van der Waals surface area contributed by atoms with Gasteiger partial charge in [0.25, 0.3) is 0 Å². The van der Waals surface area contributed by atoms with Gasteiger partial charge in [0.2, 0.25) is 0 Å². The molecule has 144 valence electrons. The minimum absolute atomic E-state index is 1.26. The summed E-state index contributed by atoms with van der Waals surface area (Å²) in [5.74, 6) is 1.30. The zero-order valence-corrected chi connectivity index (χ0v) is 17.1. The van der Waals surface area contributed by atoms with Gasteiger partial charge in [-0.3, -0.25) is 0 Å². The summed E-state index contributed by atoms with van der Waals surface area (Å²) in [5, 5.41) is 0. The van der Waals surface area contributed by atoms with Gasteiger partial charge in [-0.2, -0.15) is 0 Å². The molecule has 0 N–H and O–H groups in total. The first-order chi connectivity index (χ1) is 15.4. The van der Waals surface area contributed by atoms with Gasteiger partial charge in [-0.25, -0.2) is 0 Å². The fraction of sp³-hybridized carbons (Fsp3) is 0. The molecule has 6 rings (SSSR count). The molecule has 31 heavy (non-hydrogen) atoms. The molecule has 6 aliphatic carbocycles. The molecule has 0 spiro atoms. The normalized spacial score (nSPS) is 11.2. The monoisotopic (exact) mass is 393 g/mol. The maximum Gasteiger partial charge on any atom is 0.0651 e. The second-order valence-corrected chi connectivity index (χ2v) is 7.96. The van der Waals surface area contributed by atoms with E-state index in [-0.39, 0.29) is 0 Å². The molecule has 0 heterocycles. The van der Waals surface area contributed by atoms with Gasteiger partial charge in [0.05, 0.1) is 22.6 Å². The van der Waals surface area contributed by atoms with Crippen LogP contribution in [0.15, 0.2) is 127 Å². The molecule has 0 aromatic heterocycles. The van der Waals surface area contributed by atoms with Crippen molar-refractivity contribution in [2.45, 2.75) is 0 Å². The van der Waals surface area contributed by atoms with Crippen LogP contribution in [0.4, 0.5) is 0 Å². The molecule has 0 fully saturated rings. The van der Waals surface area contributed by atoms with Crippen LogP contribution in [-0.2, 0) is 0 Å². The van der Waals surface area contributed by atoms with E-state index in [1.807, 2.05) is 0 Å². The van der Waals surface area contributed by atoms with Gasteiger partial charge in [0.15, 0.2) is 0 Å². The largest absolute Gasteiger partial charge is 0.0651 e. The third-order valence-corrected chi connectivity index (χ3v) is 6.18. The van der Waals surface area contributed by atoms with Crippen LogP contribution in [0.5, 0.6) is 0 Å². The van der Waals surface area contributed by atoms with Crippen molar-refractivity contribution >= 4 is 0 Å². The molecule has 0 unspecified atom stereocenters. The smallest absolute Gasteiger partial charge is 0.0617 e. The van der Waals surface area contributed by atoms with E-state index >= 15 is 0 Å². The Morgan fingerprint density at radius 3 is 0.968 bits per heavy atom. The first kappa shape index (κ1) is 17.8. The summed E-state index contributed by atoms with van der Waals surface area (Å²) >= 11 is 0. The number of rotatable bonds is 3. The molecule has 0 aromatic rings. The summed E-state index contributed by atoms with van der Waals surface area (Å²) in [6.45, 7) is 0. The molecule has 6 aliphatic rings. The van der Waals surface area contributed by atoms with Crippen LogP contribution in [0, 0.1) is 5.92 Å². The quantitative estimate of drug-likeness (QED) is 0.267. The maximum atomic E-state index is 2.28. The first-order valence-electron chi connectivity index (χ1n) is 10.7. The molecular weight excluding hydrogens is 372 g/mol. The standard InChI is InChI=1S/C31H21/c1-4-10-22-16-19-28(25(22)13-7-1)31(29-20-17-23-11-5-2-8-14-26(23)29)30-21-18-24-12-6-3-9-15-27(24)30/h1-21H/q+1. The van der Waals surface area contributed by atoms with Gasteiger partial charge in [-0.15, -0.1) is 0 Å². The van der Waals surface area contributed by atoms with E-state index in [1.165, 1.54) is 56.0 Å². The molecule has 0 aliphatic heterocycles. The Labute approximate surface area is 183 Å². The van der Waals surface area contributed by atoms with E-state index in [9.17, 15) is 0 Å². The van der Waals surface area contributed by atoms with E-state index in [0.717, 1.165) is 0 Å². The van der Waals surface area contributed by atoms with Gasteiger partial charge in [0.1, 0.15) is 0 Å². The molecule has 0 heteroatoms. The minimum Gasteiger partial charge on any atom is -0.0617 e. The highest BCUT2D eigenvalue weighted by molar-refractivity contribution is 5.87. The van der Waals surface area contributed by atoms with Crippen LogP contribution in [-0.4, -0.2) is 0 Å². The van der Waals surface area contributed by atoms with Crippen molar-refractivity contribution in [2.24, 2.45) is 0 Å². The van der Waals surface area contributed by atoms with Gasteiger partial charge in [-0.05, 0) is 72.8 Å². The van der Waals surface area contributed by atoms with Crippen molar-refractivity contribution in [3.05, 3.63) is 150 Å². The van der Waals surface area contributed by atoms with Gasteiger partial charge in [-0.1, -0.05) is 54.6 Å². The van der Waals surface area contributed by atoms with Crippen molar-refractivity contribution in [1.29, 1.82) is 0 Å².